The predicted octanol–water partition coefficient (Wildman–Crippen LogP) is 2.97. The quantitative estimate of drug-likeness (QED) is 0.733. The van der Waals surface area contributed by atoms with Crippen LogP contribution in [0.15, 0.2) is 0 Å². The zero-order chi connectivity index (χ0) is 12.3. The van der Waals surface area contributed by atoms with E-state index in [9.17, 15) is 4.79 Å². The number of Topliss-reactive ketones (excluding diaryl/α,β-unsaturated/α-hetero) is 1. The van der Waals surface area contributed by atoms with Gasteiger partial charge in [0.25, 0.3) is 0 Å². The third kappa shape index (κ3) is 3.31. The SMILES string of the molecule is CCC(=O)C1CN(CC(C)C)CCC1(C)C. The minimum atomic E-state index is 0.195. The molecule has 1 aliphatic rings. The molecule has 16 heavy (non-hydrogen) atoms. The summed E-state index contributed by atoms with van der Waals surface area (Å²) in [4.78, 5) is 14.5. The summed E-state index contributed by atoms with van der Waals surface area (Å²) in [5.74, 6) is 1.38. The van der Waals surface area contributed by atoms with Gasteiger partial charge in [-0.1, -0.05) is 34.6 Å². The Morgan fingerprint density at radius 2 is 2.06 bits per heavy atom. The van der Waals surface area contributed by atoms with Crippen molar-refractivity contribution >= 4 is 5.78 Å². The first-order valence-corrected chi connectivity index (χ1v) is 6.62. The normalized spacial score (nSPS) is 26.0. The lowest BCUT2D eigenvalue weighted by Crippen LogP contribution is -2.48. The van der Waals surface area contributed by atoms with Gasteiger partial charge in [0, 0.05) is 25.4 Å². The van der Waals surface area contributed by atoms with Crippen LogP contribution in [0.2, 0.25) is 0 Å². The zero-order valence-electron chi connectivity index (χ0n) is 11.5. The molecule has 2 heteroatoms. The minimum Gasteiger partial charge on any atom is -0.302 e. The molecule has 0 saturated carbocycles. The van der Waals surface area contributed by atoms with E-state index in [1.165, 1.54) is 0 Å². The second kappa shape index (κ2) is 5.31. The Hall–Kier alpha value is -0.370. The zero-order valence-corrected chi connectivity index (χ0v) is 11.5. The summed E-state index contributed by atoms with van der Waals surface area (Å²) < 4.78 is 0. The summed E-state index contributed by atoms with van der Waals surface area (Å²) in [6, 6.07) is 0. The lowest BCUT2D eigenvalue weighted by atomic mass is 9.71. The first-order chi connectivity index (χ1) is 7.36. The van der Waals surface area contributed by atoms with Crippen LogP contribution in [-0.2, 0) is 4.79 Å². The first-order valence-electron chi connectivity index (χ1n) is 6.62. The summed E-state index contributed by atoms with van der Waals surface area (Å²) in [5, 5.41) is 0. The molecule has 1 heterocycles. The molecule has 94 valence electrons. The van der Waals surface area contributed by atoms with E-state index in [1.807, 2.05) is 6.92 Å². The molecule has 1 unspecified atom stereocenters. The molecule has 0 aromatic carbocycles. The van der Waals surface area contributed by atoms with Crippen LogP contribution in [0.3, 0.4) is 0 Å². The summed E-state index contributed by atoms with van der Waals surface area (Å²) in [5.41, 5.74) is 0.195. The van der Waals surface area contributed by atoms with Gasteiger partial charge < -0.3 is 4.90 Å². The average Bonchev–Trinajstić information content (AvgIpc) is 2.19. The number of carbonyl (C=O) groups is 1. The summed E-state index contributed by atoms with van der Waals surface area (Å²) >= 11 is 0. The van der Waals surface area contributed by atoms with E-state index in [1.54, 1.807) is 0 Å². The molecule has 1 saturated heterocycles. The van der Waals surface area contributed by atoms with Gasteiger partial charge in [-0.25, -0.2) is 0 Å². The number of carbonyl (C=O) groups excluding carboxylic acids is 1. The third-order valence-electron chi connectivity index (χ3n) is 3.82. The van der Waals surface area contributed by atoms with E-state index in [0.29, 0.717) is 18.1 Å². The van der Waals surface area contributed by atoms with E-state index in [-0.39, 0.29) is 11.3 Å². The number of rotatable bonds is 4. The smallest absolute Gasteiger partial charge is 0.137 e. The standard InChI is InChI=1S/C14H27NO/c1-6-13(16)12-10-15(9-11(2)3)8-7-14(12,4)5/h11-12H,6-10H2,1-5H3. The van der Waals surface area contributed by atoms with Crippen molar-refractivity contribution < 1.29 is 4.79 Å². The van der Waals surface area contributed by atoms with Gasteiger partial charge in [-0.3, -0.25) is 4.79 Å². The van der Waals surface area contributed by atoms with Crippen LogP contribution in [0.1, 0.15) is 47.5 Å². The van der Waals surface area contributed by atoms with Crippen molar-refractivity contribution in [1.29, 1.82) is 0 Å². The first kappa shape index (κ1) is 13.7. The molecular formula is C14H27NO. The Morgan fingerprint density at radius 3 is 2.56 bits per heavy atom. The van der Waals surface area contributed by atoms with Crippen LogP contribution >= 0.6 is 0 Å². The highest BCUT2D eigenvalue weighted by Gasteiger charge is 2.38. The number of hydrogen-bond acceptors (Lipinski definition) is 2. The van der Waals surface area contributed by atoms with Gasteiger partial charge in [-0.05, 0) is 24.3 Å². The van der Waals surface area contributed by atoms with Crippen LogP contribution in [0, 0.1) is 17.3 Å². The van der Waals surface area contributed by atoms with Crippen molar-refractivity contribution in [3.05, 3.63) is 0 Å². The van der Waals surface area contributed by atoms with Crippen molar-refractivity contribution in [2.75, 3.05) is 19.6 Å². The average molecular weight is 225 g/mol. The Bertz CT molecular complexity index is 245. The molecule has 1 atom stereocenters. The maximum absolute atomic E-state index is 12.0. The summed E-state index contributed by atoms with van der Waals surface area (Å²) in [7, 11) is 0. The highest BCUT2D eigenvalue weighted by Crippen LogP contribution is 2.36. The van der Waals surface area contributed by atoms with E-state index >= 15 is 0 Å². The number of piperidine rings is 1. The van der Waals surface area contributed by atoms with Crippen LogP contribution in [0.25, 0.3) is 0 Å². The third-order valence-corrected chi connectivity index (χ3v) is 3.82. The molecule has 1 aliphatic heterocycles. The number of hydrogen-bond donors (Lipinski definition) is 0. The second-order valence-electron chi connectivity index (χ2n) is 6.26. The highest BCUT2D eigenvalue weighted by atomic mass is 16.1. The molecule has 0 radical (unpaired) electrons. The lowest BCUT2D eigenvalue weighted by Gasteiger charge is -2.43. The van der Waals surface area contributed by atoms with Gasteiger partial charge in [-0.15, -0.1) is 0 Å². The molecule has 0 aromatic heterocycles. The fraction of sp³-hybridized carbons (Fsp3) is 0.929. The van der Waals surface area contributed by atoms with Crippen molar-refractivity contribution in [1.82, 2.24) is 4.90 Å². The summed E-state index contributed by atoms with van der Waals surface area (Å²) in [6.07, 6.45) is 1.83. The predicted molar refractivity (Wildman–Crippen MR) is 68.5 cm³/mol. The Labute approximate surface area is 100 Å². The van der Waals surface area contributed by atoms with Gasteiger partial charge in [0.1, 0.15) is 5.78 Å². The van der Waals surface area contributed by atoms with Crippen molar-refractivity contribution in [3.63, 3.8) is 0 Å². The van der Waals surface area contributed by atoms with Gasteiger partial charge in [-0.2, -0.15) is 0 Å². The molecule has 0 spiro atoms. The Balaban J connectivity index is 2.66. The number of likely N-dealkylation sites (tertiary alicyclic amines) is 1. The van der Waals surface area contributed by atoms with E-state index in [2.05, 4.69) is 32.6 Å². The van der Waals surface area contributed by atoms with Crippen LogP contribution in [0.5, 0.6) is 0 Å². The molecule has 1 fully saturated rings. The minimum absolute atomic E-state index is 0.195. The molecule has 1 rings (SSSR count). The molecule has 0 aromatic rings. The highest BCUT2D eigenvalue weighted by molar-refractivity contribution is 5.81. The number of ketones is 1. The topological polar surface area (TPSA) is 20.3 Å². The van der Waals surface area contributed by atoms with Crippen molar-refractivity contribution in [2.24, 2.45) is 17.3 Å². The van der Waals surface area contributed by atoms with Crippen LogP contribution in [-0.4, -0.2) is 30.3 Å². The molecular weight excluding hydrogens is 198 g/mol. The van der Waals surface area contributed by atoms with Gasteiger partial charge in [0.2, 0.25) is 0 Å². The van der Waals surface area contributed by atoms with E-state index < -0.39 is 0 Å². The monoisotopic (exact) mass is 225 g/mol. The molecule has 0 aliphatic carbocycles. The largest absolute Gasteiger partial charge is 0.302 e. The molecule has 0 bridgehead atoms. The maximum atomic E-state index is 12.0. The van der Waals surface area contributed by atoms with Crippen molar-refractivity contribution in [2.45, 2.75) is 47.5 Å². The lowest BCUT2D eigenvalue weighted by molar-refractivity contribution is -0.129. The second-order valence-corrected chi connectivity index (χ2v) is 6.26. The van der Waals surface area contributed by atoms with E-state index in [0.717, 1.165) is 26.1 Å². The van der Waals surface area contributed by atoms with Gasteiger partial charge in [0.05, 0.1) is 0 Å². The van der Waals surface area contributed by atoms with Crippen molar-refractivity contribution in [3.8, 4) is 0 Å². The van der Waals surface area contributed by atoms with Crippen LogP contribution < -0.4 is 0 Å². The van der Waals surface area contributed by atoms with Crippen LogP contribution in [0.4, 0.5) is 0 Å². The maximum Gasteiger partial charge on any atom is 0.137 e. The molecule has 0 amide bonds. The summed E-state index contributed by atoms with van der Waals surface area (Å²) in [6.45, 7) is 14.2. The Morgan fingerprint density at radius 1 is 1.44 bits per heavy atom. The van der Waals surface area contributed by atoms with Gasteiger partial charge >= 0.3 is 0 Å². The molecule has 2 nitrogen and oxygen atoms in total. The fourth-order valence-corrected chi connectivity index (χ4v) is 2.68. The fourth-order valence-electron chi connectivity index (χ4n) is 2.68. The van der Waals surface area contributed by atoms with E-state index in [4.69, 9.17) is 0 Å². The van der Waals surface area contributed by atoms with Gasteiger partial charge in [0.15, 0.2) is 0 Å². The number of nitrogens with zero attached hydrogens (tertiary/aromatic N) is 1. The molecule has 0 N–H and O–H groups in total. The Kier molecular flexibility index (Phi) is 4.54.